The molecular weight excluding hydrogens is 334 g/mol. The summed E-state index contributed by atoms with van der Waals surface area (Å²) in [6, 6.07) is 8.46. The van der Waals surface area contributed by atoms with E-state index >= 15 is 0 Å². The number of nitrogens with zero attached hydrogens (tertiary/aromatic N) is 3. The normalized spacial score (nSPS) is 11.8. The SMILES string of the molecule is CCOc1nc(NC)nc(NC(C)c2cccc(Br)c2)n1. The maximum atomic E-state index is 5.35. The minimum absolute atomic E-state index is 0.0593. The number of ether oxygens (including phenoxy) is 1. The standard InChI is InChI=1S/C14H18BrN5O/c1-4-21-14-19-12(16-3)18-13(20-14)17-9(2)10-6-5-7-11(15)8-10/h5-9H,4H2,1-3H3,(H2,16,17,18,19,20). The number of halogens is 1. The molecule has 2 rings (SSSR count). The number of hydrogen-bond acceptors (Lipinski definition) is 6. The van der Waals surface area contributed by atoms with Gasteiger partial charge in [-0.25, -0.2) is 0 Å². The van der Waals surface area contributed by atoms with Crippen molar-refractivity contribution in [3.8, 4) is 6.01 Å². The van der Waals surface area contributed by atoms with Crippen LogP contribution in [-0.4, -0.2) is 28.6 Å². The first-order chi connectivity index (χ1) is 10.1. The van der Waals surface area contributed by atoms with Gasteiger partial charge < -0.3 is 15.4 Å². The van der Waals surface area contributed by atoms with Gasteiger partial charge in [0.25, 0.3) is 0 Å². The van der Waals surface area contributed by atoms with E-state index in [0.717, 1.165) is 10.0 Å². The first kappa shape index (κ1) is 15.5. The molecule has 112 valence electrons. The summed E-state index contributed by atoms with van der Waals surface area (Å²) in [5.74, 6) is 0.947. The van der Waals surface area contributed by atoms with E-state index in [1.54, 1.807) is 7.05 Å². The van der Waals surface area contributed by atoms with Crippen LogP contribution in [0.3, 0.4) is 0 Å². The van der Waals surface area contributed by atoms with E-state index in [0.29, 0.717) is 24.5 Å². The largest absolute Gasteiger partial charge is 0.464 e. The summed E-state index contributed by atoms with van der Waals surface area (Å²) in [6.07, 6.45) is 0. The van der Waals surface area contributed by atoms with E-state index in [1.807, 2.05) is 32.0 Å². The average Bonchev–Trinajstić information content (AvgIpc) is 2.47. The van der Waals surface area contributed by atoms with E-state index in [4.69, 9.17) is 4.74 Å². The molecule has 0 aliphatic rings. The van der Waals surface area contributed by atoms with Gasteiger partial charge in [-0.05, 0) is 31.5 Å². The van der Waals surface area contributed by atoms with Gasteiger partial charge in [-0.2, -0.15) is 15.0 Å². The molecule has 1 atom stereocenters. The second-order valence-electron chi connectivity index (χ2n) is 4.37. The zero-order valence-corrected chi connectivity index (χ0v) is 13.8. The van der Waals surface area contributed by atoms with Gasteiger partial charge in [0.15, 0.2) is 0 Å². The summed E-state index contributed by atoms with van der Waals surface area (Å²) in [5, 5.41) is 6.15. The predicted octanol–water partition coefficient (Wildman–Crippen LogP) is 3.25. The van der Waals surface area contributed by atoms with Gasteiger partial charge >= 0.3 is 6.01 Å². The van der Waals surface area contributed by atoms with Crippen LogP contribution in [0.25, 0.3) is 0 Å². The predicted molar refractivity (Wildman–Crippen MR) is 86.7 cm³/mol. The molecule has 0 amide bonds. The Hall–Kier alpha value is -1.89. The molecular formula is C14H18BrN5O. The van der Waals surface area contributed by atoms with Gasteiger partial charge in [-0.15, -0.1) is 0 Å². The highest BCUT2D eigenvalue weighted by Crippen LogP contribution is 2.21. The molecule has 0 aliphatic carbocycles. The molecule has 0 fully saturated rings. The molecule has 0 bridgehead atoms. The Morgan fingerprint density at radius 2 is 2.00 bits per heavy atom. The van der Waals surface area contributed by atoms with E-state index < -0.39 is 0 Å². The highest BCUT2D eigenvalue weighted by atomic mass is 79.9. The third-order valence-corrected chi connectivity index (χ3v) is 3.30. The van der Waals surface area contributed by atoms with Gasteiger partial charge in [0.2, 0.25) is 11.9 Å². The summed E-state index contributed by atoms with van der Waals surface area (Å²) in [7, 11) is 1.76. The van der Waals surface area contributed by atoms with Gasteiger partial charge in [0, 0.05) is 11.5 Å². The highest BCUT2D eigenvalue weighted by Gasteiger charge is 2.11. The summed E-state index contributed by atoms with van der Waals surface area (Å²) >= 11 is 3.47. The summed E-state index contributed by atoms with van der Waals surface area (Å²) in [6.45, 7) is 4.44. The zero-order valence-electron chi connectivity index (χ0n) is 12.2. The van der Waals surface area contributed by atoms with Crippen molar-refractivity contribution >= 4 is 27.8 Å². The van der Waals surface area contributed by atoms with Crippen LogP contribution in [-0.2, 0) is 0 Å². The van der Waals surface area contributed by atoms with Crippen LogP contribution in [0.1, 0.15) is 25.5 Å². The van der Waals surface area contributed by atoms with E-state index in [-0.39, 0.29) is 6.04 Å². The Morgan fingerprint density at radius 3 is 2.67 bits per heavy atom. The zero-order chi connectivity index (χ0) is 15.2. The van der Waals surface area contributed by atoms with Crippen molar-refractivity contribution in [2.45, 2.75) is 19.9 Å². The summed E-state index contributed by atoms with van der Waals surface area (Å²) in [5.41, 5.74) is 1.13. The lowest BCUT2D eigenvalue weighted by molar-refractivity contribution is 0.312. The molecule has 0 radical (unpaired) electrons. The molecule has 2 N–H and O–H groups in total. The number of benzene rings is 1. The number of anilines is 2. The van der Waals surface area contributed by atoms with Crippen molar-refractivity contribution in [2.75, 3.05) is 24.3 Å². The monoisotopic (exact) mass is 351 g/mol. The molecule has 1 unspecified atom stereocenters. The molecule has 21 heavy (non-hydrogen) atoms. The fraction of sp³-hybridized carbons (Fsp3) is 0.357. The quantitative estimate of drug-likeness (QED) is 0.832. The molecule has 2 aromatic rings. The van der Waals surface area contributed by atoms with Gasteiger partial charge in [-0.1, -0.05) is 28.1 Å². The number of rotatable bonds is 6. The molecule has 1 heterocycles. The van der Waals surface area contributed by atoms with Crippen molar-refractivity contribution in [1.82, 2.24) is 15.0 Å². The fourth-order valence-corrected chi connectivity index (χ4v) is 2.20. The summed E-state index contributed by atoms with van der Waals surface area (Å²) < 4.78 is 6.38. The minimum atomic E-state index is 0.0593. The molecule has 7 heteroatoms. The van der Waals surface area contributed by atoms with Crippen molar-refractivity contribution in [3.05, 3.63) is 34.3 Å². The third kappa shape index (κ3) is 4.29. The maximum absolute atomic E-state index is 5.35. The van der Waals surface area contributed by atoms with Crippen LogP contribution in [0.2, 0.25) is 0 Å². The van der Waals surface area contributed by atoms with E-state index in [9.17, 15) is 0 Å². The van der Waals surface area contributed by atoms with Crippen LogP contribution in [0, 0.1) is 0 Å². The van der Waals surface area contributed by atoms with Crippen molar-refractivity contribution < 1.29 is 4.74 Å². The third-order valence-electron chi connectivity index (χ3n) is 2.81. The Morgan fingerprint density at radius 1 is 1.24 bits per heavy atom. The second-order valence-corrected chi connectivity index (χ2v) is 5.28. The summed E-state index contributed by atoms with van der Waals surface area (Å²) in [4.78, 5) is 12.7. The van der Waals surface area contributed by atoms with Crippen LogP contribution in [0.15, 0.2) is 28.7 Å². The van der Waals surface area contributed by atoms with Crippen molar-refractivity contribution in [1.29, 1.82) is 0 Å². The first-order valence-corrected chi connectivity index (χ1v) is 7.50. The molecule has 1 aromatic heterocycles. The molecule has 0 aliphatic heterocycles. The minimum Gasteiger partial charge on any atom is -0.464 e. The molecule has 0 saturated heterocycles. The number of aromatic nitrogens is 3. The Bertz CT molecular complexity index is 608. The van der Waals surface area contributed by atoms with Crippen LogP contribution in [0.5, 0.6) is 6.01 Å². The maximum Gasteiger partial charge on any atom is 0.323 e. The van der Waals surface area contributed by atoms with Crippen LogP contribution in [0.4, 0.5) is 11.9 Å². The van der Waals surface area contributed by atoms with Crippen molar-refractivity contribution in [2.24, 2.45) is 0 Å². The lowest BCUT2D eigenvalue weighted by atomic mass is 10.1. The Kier molecular flexibility index (Phi) is 5.32. The first-order valence-electron chi connectivity index (χ1n) is 6.71. The molecule has 6 nitrogen and oxygen atoms in total. The second kappa shape index (κ2) is 7.21. The molecule has 0 saturated carbocycles. The van der Waals surface area contributed by atoms with Crippen LogP contribution < -0.4 is 15.4 Å². The van der Waals surface area contributed by atoms with Crippen molar-refractivity contribution in [3.63, 3.8) is 0 Å². The smallest absolute Gasteiger partial charge is 0.323 e. The molecule has 0 spiro atoms. The topological polar surface area (TPSA) is 72.0 Å². The number of nitrogens with one attached hydrogen (secondary N) is 2. The lowest BCUT2D eigenvalue weighted by Gasteiger charge is -2.15. The van der Waals surface area contributed by atoms with Gasteiger partial charge in [0.05, 0.1) is 12.6 Å². The lowest BCUT2D eigenvalue weighted by Crippen LogP contribution is -2.12. The number of hydrogen-bond donors (Lipinski definition) is 2. The highest BCUT2D eigenvalue weighted by molar-refractivity contribution is 9.10. The Labute approximate surface area is 132 Å². The van der Waals surface area contributed by atoms with E-state index in [1.165, 1.54) is 0 Å². The van der Waals surface area contributed by atoms with E-state index in [2.05, 4.69) is 47.6 Å². The van der Waals surface area contributed by atoms with Crippen LogP contribution >= 0.6 is 15.9 Å². The Balaban J connectivity index is 2.19. The average molecular weight is 352 g/mol. The van der Waals surface area contributed by atoms with Gasteiger partial charge in [-0.3, -0.25) is 0 Å². The fourth-order valence-electron chi connectivity index (χ4n) is 1.78. The molecule has 1 aromatic carbocycles. The van der Waals surface area contributed by atoms with Gasteiger partial charge in [0.1, 0.15) is 0 Å².